The third-order valence-electron chi connectivity index (χ3n) is 1.32. The van der Waals surface area contributed by atoms with Crippen LogP contribution in [0.15, 0.2) is 12.1 Å². The van der Waals surface area contributed by atoms with Gasteiger partial charge in [0.15, 0.2) is 17.2 Å². The summed E-state index contributed by atoms with van der Waals surface area (Å²) in [5.74, 6) is -3.33. The monoisotopic (exact) mass is 378 g/mol. The van der Waals surface area contributed by atoms with Gasteiger partial charge in [0.25, 0.3) is 0 Å². The van der Waals surface area contributed by atoms with E-state index in [-0.39, 0.29) is 32.9 Å². The number of carbonyl (C=O) groups is 1. The molecular weight excluding hydrogens is 371 g/mol. The van der Waals surface area contributed by atoms with Gasteiger partial charge in [-0.15, -0.1) is 0 Å². The van der Waals surface area contributed by atoms with Crippen LogP contribution in [0.3, 0.4) is 0 Å². The van der Waals surface area contributed by atoms with Crippen LogP contribution in [0.1, 0.15) is 10.4 Å². The van der Waals surface area contributed by atoms with E-state index in [1.807, 2.05) is 0 Å². The Bertz CT molecular complexity index is 313. The minimum absolute atomic E-state index is 0. The standard InChI is InChI=1S/C7H6O5.Pb/c8-4-1-3(7(11)12)2-5(9)6(4)10;/h1-2,8-10H,(H,11,12);. The molecule has 68 valence electrons. The van der Waals surface area contributed by atoms with E-state index in [2.05, 4.69) is 0 Å². The molecule has 0 aromatic heterocycles. The number of phenols is 3. The van der Waals surface area contributed by atoms with Gasteiger partial charge in [-0.05, 0) is 12.1 Å². The molecule has 0 saturated heterocycles. The predicted molar refractivity (Wildman–Crippen MR) is 44.1 cm³/mol. The Morgan fingerprint density at radius 2 is 1.46 bits per heavy atom. The molecule has 0 aliphatic rings. The molecular formula is C7H6O5Pb. The average Bonchev–Trinajstić information content (AvgIpc) is 1.99. The van der Waals surface area contributed by atoms with Crippen molar-refractivity contribution in [2.24, 2.45) is 0 Å². The molecule has 13 heavy (non-hydrogen) atoms. The SMILES string of the molecule is O=C(O)c1cc(O)c(O)c(O)c1.[Pb]. The molecule has 0 bridgehead atoms. The largest absolute Gasteiger partial charge is 0.504 e. The zero-order valence-electron chi connectivity index (χ0n) is 6.35. The molecule has 0 aliphatic heterocycles. The Labute approximate surface area is 93.4 Å². The van der Waals surface area contributed by atoms with Gasteiger partial charge in [-0.2, -0.15) is 0 Å². The van der Waals surface area contributed by atoms with E-state index in [0.717, 1.165) is 12.1 Å². The van der Waals surface area contributed by atoms with E-state index >= 15 is 0 Å². The van der Waals surface area contributed by atoms with Gasteiger partial charge in [0, 0.05) is 27.3 Å². The normalized spacial score (nSPS) is 8.92. The average molecular weight is 377 g/mol. The van der Waals surface area contributed by atoms with E-state index in [0.29, 0.717) is 0 Å². The summed E-state index contributed by atoms with van der Waals surface area (Å²) in [4.78, 5) is 10.3. The predicted octanol–water partition coefficient (Wildman–Crippen LogP) is 0.121. The van der Waals surface area contributed by atoms with E-state index in [1.54, 1.807) is 0 Å². The number of phenolic OH excluding ortho intramolecular Hbond substituents is 3. The van der Waals surface area contributed by atoms with Crippen molar-refractivity contribution in [1.82, 2.24) is 0 Å². The van der Waals surface area contributed by atoms with Gasteiger partial charge >= 0.3 is 5.97 Å². The maximum atomic E-state index is 10.3. The number of hydrogen-bond acceptors (Lipinski definition) is 4. The number of rotatable bonds is 1. The van der Waals surface area contributed by atoms with Crippen molar-refractivity contribution >= 4 is 33.3 Å². The molecule has 1 aromatic carbocycles. The molecule has 6 heteroatoms. The molecule has 0 aliphatic carbocycles. The Kier molecular flexibility index (Phi) is 3.98. The van der Waals surface area contributed by atoms with Crippen LogP contribution in [0.4, 0.5) is 0 Å². The first-order valence-electron chi connectivity index (χ1n) is 3.00. The molecule has 4 N–H and O–H groups in total. The fraction of sp³-hybridized carbons (Fsp3) is 0. The van der Waals surface area contributed by atoms with Crippen LogP contribution in [0.25, 0.3) is 0 Å². The summed E-state index contributed by atoms with van der Waals surface area (Å²) < 4.78 is 0. The van der Waals surface area contributed by atoms with Crippen molar-refractivity contribution in [2.75, 3.05) is 0 Å². The third kappa shape index (κ3) is 2.47. The van der Waals surface area contributed by atoms with Crippen molar-refractivity contribution in [3.8, 4) is 17.2 Å². The summed E-state index contributed by atoms with van der Waals surface area (Å²) >= 11 is 0. The summed E-state index contributed by atoms with van der Waals surface area (Å²) in [6, 6.07) is 1.69. The van der Waals surface area contributed by atoms with Crippen molar-refractivity contribution in [2.45, 2.75) is 0 Å². The number of aromatic carboxylic acids is 1. The molecule has 0 atom stereocenters. The van der Waals surface area contributed by atoms with E-state index < -0.39 is 23.2 Å². The molecule has 0 heterocycles. The first kappa shape index (κ1) is 12.0. The van der Waals surface area contributed by atoms with Gasteiger partial charge < -0.3 is 20.4 Å². The Balaban J connectivity index is 0.00000144. The molecule has 1 aromatic rings. The molecule has 0 unspecified atom stereocenters. The van der Waals surface area contributed by atoms with Crippen LogP contribution in [-0.4, -0.2) is 53.7 Å². The van der Waals surface area contributed by atoms with Crippen LogP contribution < -0.4 is 0 Å². The first-order chi connectivity index (χ1) is 5.52. The fourth-order valence-electron chi connectivity index (χ4n) is 0.728. The van der Waals surface area contributed by atoms with E-state index in [9.17, 15) is 4.79 Å². The van der Waals surface area contributed by atoms with Crippen LogP contribution in [0.2, 0.25) is 0 Å². The third-order valence-corrected chi connectivity index (χ3v) is 1.32. The van der Waals surface area contributed by atoms with E-state index in [1.165, 1.54) is 0 Å². The summed E-state index contributed by atoms with van der Waals surface area (Å²) in [7, 11) is 0. The molecule has 0 amide bonds. The van der Waals surface area contributed by atoms with Crippen LogP contribution in [-0.2, 0) is 0 Å². The smallest absolute Gasteiger partial charge is 0.335 e. The maximum Gasteiger partial charge on any atom is 0.335 e. The second-order valence-corrected chi connectivity index (χ2v) is 2.17. The number of carboxylic acid groups (broad SMARTS) is 1. The minimum atomic E-state index is -1.29. The van der Waals surface area contributed by atoms with Gasteiger partial charge in [-0.25, -0.2) is 4.79 Å². The van der Waals surface area contributed by atoms with E-state index in [4.69, 9.17) is 20.4 Å². The summed E-state index contributed by atoms with van der Waals surface area (Å²) in [6.45, 7) is 0. The number of hydrogen-bond donors (Lipinski definition) is 4. The molecule has 4 radical (unpaired) electrons. The summed E-state index contributed by atoms with van der Waals surface area (Å²) in [5.41, 5.74) is -0.289. The van der Waals surface area contributed by atoms with Gasteiger partial charge in [-0.1, -0.05) is 0 Å². The molecule has 1 rings (SSSR count). The molecule has 0 fully saturated rings. The van der Waals surface area contributed by atoms with Crippen molar-refractivity contribution in [1.29, 1.82) is 0 Å². The minimum Gasteiger partial charge on any atom is -0.504 e. The van der Waals surface area contributed by atoms with Gasteiger partial charge in [0.2, 0.25) is 0 Å². The maximum absolute atomic E-state index is 10.3. The zero-order chi connectivity index (χ0) is 9.30. The second kappa shape index (κ2) is 4.31. The second-order valence-electron chi connectivity index (χ2n) is 2.17. The molecule has 5 nitrogen and oxygen atoms in total. The summed E-state index contributed by atoms with van der Waals surface area (Å²) in [5, 5.41) is 35.0. The zero-order valence-corrected chi connectivity index (χ0v) is 10.2. The fourth-order valence-corrected chi connectivity index (χ4v) is 0.728. The summed E-state index contributed by atoms with van der Waals surface area (Å²) in [6.07, 6.45) is 0. The van der Waals surface area contributed by atoms with Crippen LogP contribution in [0.5, 0.6) is 17.2 Å². The number of aromatic hydroxyl groups is 3. The van der Waals surface area contributed by atoms with Gasteiger partial charge in [0.1, 0.15) is 0 Å². The Hall–Kier alpha value is -0.988. The molecule has 0 saturated carbocycles. The number of benzene rings is 1. The Morgan fingerprint density at radius 3 is 1.77 bits per heavy atom. The topological polar surface area (TPSA) is 98.0 Å². The van der Waals surface area contributed by atoms with Gasteiger partial charge in [0.05, 0.1) is 5.56 Å². The van der Waals surface area contributed by atoms with Gasteiger partial charge in [-0.3, -0.25) is 0 Å². The number of carboxylic acids is 1. The van der Waals surface area contributed by atoms with Crippen molar-refractivity contribution in [3.05, 3.63) is 17.7 Å². The van der Waals surface area contributed by atoms with Crippen LogP contribution >= 0.6 is 0 Å². The van der Waals surface area contributed by atoms with Crippen LogP contribution in [0, 0.1) is 0 Å². The van der Waals surface area contributed by atoms with Crippen molar-refractivity contribution < 1.29 is 25.2 Å². The quantitative estimate of drug-likeness (QED) is 0.412. The molecule has 0 spiro atoms. The first-order valence-corrected chi connectivity index (χ1v) is 3.00. The van der Waals surface area contributed by atoms with Crippen molar-refractivity contribution in [3.63, 3.8) is 0 Å². The Morgan fingerprint density at radius 1 is 1.08 bits per heavy atom.